The molecule has 1 fully saturated rings. The van der Waals surface area contributed by atoms with Gasteiger partial charge in [-0.2, -0.15) is 0 Å². The van der Waals surface area contributed by atoms with Crippen molar-refractivity contribution in [2.75, 3.05) is 0 Å². The molecule has 1 aromatic rings. The highest BCUT2D eigenvalue weighted by Crippen LogP contribution is 2.42. The quantitative estimate of drug-likeness (QED) is 0.829. The summed E-state index contributed by atoms with van der Waals surface area (Å²) in [7, 11) is 0. The first kappa shape index (κ1) is 14.6. The number of aliphatic hydroxyl groups is 1. The van der Waals surface area contributed by atoms with E-state index in [-0.39, 0.29) is 0 Å². The topological polar surface area (TPSA) is 20.2 Å². The van der Waals surface area contributed by atoms with Crippen LogP contribution in [-0.4, -0.2) is 10.7 Å². The molecule has 1 saturated carbocycles. The molecule has 1 aromatic carbocycles. The van der Waals surface area contributed by atoms with E-state index in [1.54, 1.807) is 0 Å². The highest BCUT2D eigenvalue weighted by atomic mass is 16.3. The van der Waals surface area contributed by atoms with Gasteiger partial charge in [-0.25, -0.2) is 0 Å². The van der Waals surface area contributed by atoms with Crippen LogP contribution in [0.2, 0.25) is 0 Å². The van der Waals surface area contributed by atoms with Gasteiger partial charge in [0.2, 0.25) is 0 Å². The maximum Gasteiger partial charge on any atom is 0.0688 e. The van der Waals surface area contributed by atoms with E-state index in [0.717, 1.165) is 38.0 Å². The lowest BCUT2D eigenvalue weighted by Gasteiger charge is -2.41. The zero-order valence-electron chi connectivity index (χ0n) is 12.9. The molecule has 1 nitrogen and oxygen atoms in total. The first-order valence-corrected chi connectivity index (χ1v) is 7.57. The van der Waals surface area contributed by atoms with E-state index in [0.29, 0.717) is 5.41 Å². The van der Waals surface area contributed by atoms with Gasteiger partial charge in [-0.05, 0) is 55.1 Å². The molecule has 0 radical (unpaired) electrons. The van der Waals surface area contributed by atoms with Crippen LogP contribution in [0, 0.1) is 18.3 Å². The minimum atomic E-state index is -0.478. The molecule has 1 N–H and O–H groups in total. The van der Waals surface area contributed by atoms with Crippen LogP contribution < -0.4 is 0 Å². The van der Waals surface area contributed by atoms with Crippen molar-refractivity contribution in [2.24, 2.45) is 11.3 Å². The average molecular weight is 260 g/mol. The summed E-state index contributed by atoms with van der Waals surface area (Å²) in [5, 5.41) is 10.8. The molecule has 106 valence electrons. The number of hydrogen-bond donors (Lipinski definition) is 1. The summed E-state index contributed by atoms with van der Waals surface area (Å²) < 4.78 is 0. The minimum absolute atomic E-state index is 0.379. The third-order valence-electron chi connectivity index (χ3n) is 4.92. The first-order valence-electron chi connectivity index (χ1n) is 7.57. The van der Waals surface area contributed by atoms with Crippen molar-refractivity contribution in [1.29, 1.82) is 0 Å². The second kappa shape index (κ2) is 5.28. The van der Waals surface area contributed by atoms with E-state index in [2.05, 4.69) is 52.0 Å². The summed E-state index contributed by atoms with van der Waals surface area (Å²) in [5.41, 5.74) is 2.51. The molecular formula is C18H28O. The minimum Gasteiger partial charge on any atom is -0.390 e. The molecule has 1 aliphatic rings. The summed E-state index contributed by atoms with van der Waals surface area (Å²) in [4.78, 5) is 0. The Labute approximate surface area is 118 Å². The molecule has 0 unspecified atom stereocenters. The Morgan fingerprint density at radius 2 is 1.74 bits per heavy atom. The fourth-order valence-electron chi connectivity index (χ4n) is 3.36. The van der Waals surface area contributed by atoms with Gasteiger partial charge in [0.25, 0.3) is 0 Å². The molecule has 0 bridgehead atoms. The summed E-state index contributed by atoms with van der Waals surface area (Å²) in [6.45, 7) is 9.11. The fourth-order valence-corrected chi connectivity index (χ4v) is 3.36. The summed E-state index contributed by atoms with van der Waals surface area (Å²) in [5.74, 6) is 0.754. The Balaban J connectivity index is 2.01. The standard InChI is InChI=1S/C18H28O/c1-14-7-5-6-8-15(14)13-18(19)11-9-16(10-12-18)17(2,3)4/h5-8,16,19H,9-13H2,1-4H3. The Morgan fingerprint density at radius 1 is 1.16 bits per heavy atom. The van der Waals surface area contributed by atoms with Crippen LogP contribution in [0.4, 0.5) is 0 Å². The Morgan fingerprint density at radius 3 is 2.26 bits per heavy atom. The number of benzene rings is 1. The summed E-state index contributed by atoms with van der Waals surface area (Å²) >= 11 is 0. The third-order valence-corrected chi connectivity index (χ3v) is 4.92. The second-order valence-electron chi connectivity index (χ2n) is 7.47. The molecule has 0 spiro atoms. The van der Waals surface area contributed by atoms with Crippen molar-refractivity contribution < 1.29 is 5.11 Å². The van der Waals surface area contributed by atoms with Crippen molar-refractivity contribution in [3.05, 3.63) is 35.4 Å². The number of rotatable bonds is 2. The summed E-state index contributed by atoms with van der Waals surface area (Å²) in [6, 6.07) is 8.44. The highest BCUT2D eigenvalue weighted by Gasteiger charge is 2.37. The molecule has 0 aliphatic heterocycles. The first-order chi connectivity index (χ1) is 8.80. The summed E-state index contributed by atoms with van der Waals surface area (Å²) in [6.07, 6.45) is 5.03. The zero-order valence-corrected chi connectivity index (χ0v) is 12.9. The van der Waals surface area contributed by atoms with Crippen LogP contribution in [0.25, 0.3) is 0 Å². The largest absolute Gasteiger partial charge is 0.390 e. The lowest BCUT2D eigenvalue weighted by molar-refractivity contribution is -0.0246. The van der Waals surface area contributed by atoms with Gasteiger partial charge in [0.05, 0.1) is 5.60 Å². The van der Waals surface area contributed by atoms with E-state index in [9.17, 15) is 5.11 Å². The van der Waals surface area contributed by atoms with Gasteiger partial charge in [-0.3, -0.25) is 0 Å². The van der Waals surface area contributed by atoms with Crippen LogP contribution in [0.1, 0.15) is 57.6 Å². The van der Waals surface area contributed by atoms with Crippen molar-refractivity contribution in [1.82, 2.24) is 0 Å². The predicted molar refractivity (Wildman–Crippen MR) is 81.2 cm³/mol. The monoisotopic (exact) mass is 260 g/mol. The zero-order chi connectivity index (χ0) is 14.1. The maximum atomic E-state index is 10.8. The van der Waals surface area contributed by atoms with Crippen LogP contribution in [0.3, 0.4) is 0 Å². The molecule has 0 saturated heterocycles. The van der Waals surface area contributed by atoms with Crippen LogP contribution in [-0.2, 0) is 6.42 Å². The van der Waals surface area contributed by atoms with E-state index >= 15 is 0 Å². The van der Waals surface area contributed by atoms with Crippen molar-refractivity contribution in [2.45, 2.75) is 65.4 Å². The fraction of sp³-hybridized carbons (Fsp3) is 0.667. The van der Waals surface area contributed by atoms with Gasteiger partial charge in [0.15, 0.2) is 0 Å². The van der Waals surface area contributed by atoms with E-state index in [4.69, 9.17) is 0 Å². The molecule has 1 heteroatoms. The van der Waals surface area contributed by atoms with Crippen LogP contribution in [0.15, 0.2) is 24.3 Å². The van der Waals surface area contributed by atoms with Crippen molar-refractivity contribution >= 4 is 0 Å². The van der Waals surface area contributed by atoms with E-state index < -0.39 is 5.60 Å². The van der Waals surface area contributed by atoms with Gasteiger partial charge < -0.3 is 5.11 Å². The molecule has 0 heterocycles. The van der Waals surface area contributed by atoms with Crippen LogP contribution in [0.5, 0.6) is 0 Å². The van der Waals surface area contributed by atoms with Gasteiger partial charge in [0, 0.05) is 6.42 Å². The lowest BCUT2D eigenvalue weighted by Crippen LogP contribution is -2.39. The smallest absolute Gasteiger partial charge is 0.0688 e. The van der Waals surface area contributed by atoms with Crippen molar-refractivity contribution in [3.63, 3.8) is 0 Å². The highest BCUT2D eigenvalue weighted by molar-refractivity contribution is 5.27. The molecule has 0 aromatic heterocycles. The Kier molecular flexibility index (Phi) is 4.06. The normalized spacial score (nSPS) is 28.4. The lowest BCUT2D eigenvalue weighted by atomic mass is 9.67. The van der Waals surface area contributed by atoms with Gasteiger partial charge >= 0.3 is 0 Å². The molecule has 0 amide bonds. The Hall–Kier alpha value is -0.820. The second-order valence-corrected chi connectivity index (χ2v) is 7.47. The molecule has 2 rings (SSSR count). The molecule has 0 atom stereocenters. The van der Waals surface area contributed by atoms with Crippen molar-refractivity contribution in [3.8, 4) is 0 Å². The van der Waals surface area contributed by atoms with Gasteiger partial charge in [-0.15, -0.1) is 0 Å². The third kappa shape index (κ3) is 3.60. The number of aryl methyl sites for hydroxylation is 1. The molecular weight excluding hydrogens is 232 g/mol. The number of hydrogen-bond acceptors (Lipinski definition) is 1. The predicted octanol–water partition coefficient (Wildman–Crippen LogP) is 4.50. The maximum absolute atomic E-state index is 10.8. The molecule has 19 heavy (non-hydrogen) atoms. The SMILES string of the molecule is Cc1ccccc1CC1(O)CCC(C(C)(C)C)CC1. The average Bonchev–Trinajstić information content (AvgIpc) is 2.31. The van der Waals surface area contributed by atoms with Gasteiger partial charge in [-0.1, -0.05) is 45.0 Å². The van der Waals surface area contributed by atoms with E-state index in [1.807, 2.05) is 0 Å². The van der Waals surface area contributed by atoms with Gasteiger partial charge in [0.1, 0.15) is 0 Å². The van der Waals surface area contributed by atoms with E-state index in [1.165, 1.54) is 11.1 Å². The van der Waals surface area contributed by atoms with Crippen LogP contribution >= 0.6 is 0 Å². The molecule has 1 aliphatic carbocycles. The Bertz CT molecular complexity index is 420.